The number of quaternary nitrogens is 1. The van der Waals surface area contributed by atoms with Gasteiger partial charge in [-0.15, -0.1) is 0 Å². The van der Waals surface area contributed by atoms with Gasteiger partial charge in [0.2, 0.25) is 5.37 Å². The number of rotatable bonds is 7. The molecule has 7 heteroatoms. The predicted octanol–water partition coefficient (Wildman–Crippen LogP) is 0.892. The average Bonchev–Trinajstić information content (AvgIpc) is 3.14. The molecule has 0 radical (unpaired) electrons. The van der Waals surface area contributed by atoms with Gasteiger partial charge < -0.3 is 20.3 Å². The van der Waals surface area contributed by atoms with Crippen molar-refractivity contribution >= 4 is 29.3 Å². The van der Waals surface area contributed by atoms with Gasteiger partial charge in [-0.1, -0.05) is 11.8 Å². The summed E-state index contributed by atoms with van der Waals surface area (Å²) in [5.74, 6) is -0.0745. The van der Waals surface area contributed by atoms with Crippen molar-refractivity contribution in [3.63, 3.8) is 0 Å². The number of likely N-dealkylation sites (tertiary alicyclic amines) is 1. The summed E-state index contributed by atoms with van der Waals surface area (Å²) in [5, 5.41) is 5.80. The first kappa shape index (κ1) is 18.2. The topological polar surface area (TPSA) is 71.9 Å². The number of amides is 2. The number of ether oxygens (including phenoxy) is 1. The van der Waals surface area contributed by atoms with Crippen LogP contribution in [0.15, 0.2) is 23.1 Å². The molecule has 2 aliphatic rings. The number of carbonyl (C=O) groups excluding carboxylic acids is 2. The largest absolute Gasteiger partial charge is 0.382 e. The number of thioether (sulfide) groups is 1. The highest BCUT2D eigenvalue weighted by molar-refractivity contribution is 8.00. The van der Waals surface area contributed by atoms with Crippen LogP contribution in [0, 0.1) is 0 Å². The van der Waals surface area contributed by atoms with Crippen LogP contribution in [0.5, 0.6) is 0 Å². The second-order valence-corrected chi connectivity index (χ2v) is 7.52. The Morgan fingerprint density at radius 1 is 1.40 bits per heavy atom. The minimum absolute atomic E-state index is 0.0451. The van der Waals surface area contributed by atoms with Crippen molar-refractivity contribution in [2.75, 3.05) is 38.2 Å². The van der Waals surface area contributed by atoms with Gasteiger partial charge in [-0.25, -0.2) is 0 Å². The maximum atomic E-state index is 12.4. The Morgan fingerprint density at radius 3 is 2.96 bits per heavy atom. The molecule has 2 amide bonds. The number of benzene rings is 1. The van der Waals surface area contributed by atoms with E-state index in [1.807, 2.05) is 19.1 Å². The standard InChI is InChI=1S/C18H25N3O3S/c1-2-24-11-5-8-19-16(22)13-6-7-15-14(12-13)20-17(23)18(25-15)21-9-3-4-10-21/h6-7,12,18H,2-5,8-11H2,1H3,(H,19,22)(H,20,23)/p+1. The third kappa shape index (κ3) is 4.54. The third-order valence-electron chi connectivity index (χ3n) is 4.55. The van der Waals surface area contributed by atoms with Gasteiger partial charge in [0, 0.05) is 43.1 Å². The molecular weight excluding hydrogens is 338 g/mol. The van der Waals surface area contributed by atoms with Gasteiger partial charge in [0.1, 0.15) is 0 Å². The van der Waals surface area contributed by atoms with Gasteiger partial charge in [0.25, 0.3) is 11.8 Å². The summed E-state index contributed by atoms with van der Waals surface area (Å²) < 4.78 is 5.26. The van der Waals surface area contributed by atoms with E-state index in [-0.39, 0.29) is 17.2 Å². The molecule has 1 aromatic carbocycles. The van der Waals surface area contributed by atoms with Crippen LogP contribution in [0.4, 0.5) is 5.69 Å². The molecule has 1 fully saturated rings. The first-order valence-electron chi connectivity index (χ1n) is 9.01. The van der Waals surface area contributed by atoms with Crippen LogP contribution in [0.25, 0.3) is 0 Å². The Bertz CT molecular complexity index is 632. The first-order chi connectivity index (χ1) is 12.2. The molecular formula is C18H26N3O3S+. The van der Waals surface area contributed by atoms with Crippen molar-refractivity contribution in [2.24, 2.45) is 0 Å². The maximum Gasteiger partial charge on any atom is 0.294 e. The smallest absolute Gasteiger partial charge is 0.294 e. The molecule has 0 bridgehead atoms. The lowest BCUT2D eigenvalue weighted by Gasteiger charge is -2.28. The third-order valence-corrected chi connectivity index (χ3v) is 5.95. The number of fused-ring (bicyclic) bond motifs is 1. The van der Waals surface area contributed by atoms with E-state index >= 15 is 0 Å². The van der Waals surface area contributed by atoms with Gasteiger partial charge in [-0.3, -0.25) is 9.59 Å². The lowest BCUT2D eigenvalue weighted by molar-refractivity contribution is -0.888. The highest BCUT2D eigenvalue weighted by atomic mass is 32.2. The molecule has 2 aliphatic heterocycles. The van der Waals surface area contributed by atoms with E-state index in [1.54, 1.807) is 17.8 Å². The van der Waals surface area contributed by atoms with E-state index in [2.05, 4.69) is 10.6 Å². The van der Waals surface area contributed by atoms with Crippen molar-refractivity contribution in [3.05, 3.63) is 23.8 Å². The second kappa shape index (κ2) is 8.69. The quantitative estimate of drug-likeness (QED) is 0.629. The molecule has 3 rings (SSSR count). The molecule has 136 valence electrons. The SMILES string of the molecule is CCOCCCNC(=O)c1ccc2c(c1)NC(=O)C([NH+]1CCCC1)S2. The van der Waals surface area contributed by atoms with Crippen molar-refractivity contribution in [1.82, 2.24) is 5.32 Å². The molecule has 1 aromatic rings. The number of hydrogen-bond acceptors (Lipinski definition) is 4. The molecule has 1 unspecified atom stereocenters. The predicted molar refractivity (Wildman–Crippen MR) is 98.1 cm³/mol. The lowest BCUT2D eigenvalue weighted by Crippen LogP contribution is -3.14. The highest BCUT2D eigenvalue weighted by Gasteiger charge is 2.37. The molecule has 25 heavy (non-hydrogen) atoms. The fourth-order valence-corrected chi connectivity index (χ4v) is 4.44. The van der Waals surface area contributed by atoms with E-state index in [0.29, 0.717) is 25.3 Å². The second-order valence-electron chi connectivity index (χ2n) is 6.37. The van der Waals surface area contributed by atoms with Crippen LogP contribution in [0.2, 0.25) is 0 Å². The average molecular weight is 364 g/mol. The van der Waals surface area contributed by atoms with Crippen LogP contribution >= 0.6 is 11.8 Å². The van der Waals surface area contributed by atoms with E-state index in [9.17, 15) is 9.59 Å². The van der Waals surface area contributed by atoms with E-state index in [4.69, 9.17) is 4.74 Å². The van der Waals surface area contributed by atoms with Crippen molar-refractivity contribution < 1.29 is 19.2 Å². The van der Waals surface area contributed by atoms with Crippen LogP contribution < -0.4 is 15.5 Å². The Balaban J connectivity index is 1.60. The normalized spacial score (nSPS) is 20.2. The number of hydrogen-bond donors (Lipinski definition) is 3. The van der Waals surface area contributed by atoms with Crippen LogP contribution in [-0.4, -0.2) is 50.0 Å². The minimum atomic E-state index is -0.120. The molecule has 3 N–H and O–H groups in total. The molecule has 0 spiro atoms. The van der Waals surface area contributed by atoms with E-state index in [1.165, 1.54) is 17.7 Å². The Kier molecular flexibility index (Phi) is 6.34. The van der Waals surface area contributed by atoms with Gasteiger partial charge >= 0.3 is 0 Å². The fraction of sp³-hybridized carbons (Fsp3) is 0.556. The zero-order valence-electron chi connectivity index (χ0n) is 14.6. The van der Waals surface area contributed by atoms with Crippen molar-refractivity contribution in [3.8, 4) is 0 Å². The minimum Gasteiger partial charge on any atom is -0.382 e. The summed E-state index contributed by atoms with van der Waals surface area (Å²) in [7, 11) is 0. The van der Waals surface area contributed by atoms with E-state index in [0.717, 1.165) is 30.1 Å². The fourth-order valence-electron chi connectivity index (χ4n) is 3.23. The van der Waals surface area contributed by atoms with Gasteiger partial charge in [-0.05, 0) is 31.5 Å². The van der Waals surface area contributed by atoms with E-state index < -0.39 is 0 Å². The summed E-state index contributed by atoms with van der Waals surface area (Å²) in [6.45, 7) is 5.99. The molecule has 2 heterocycles. The molecule has 6 nitrogen and oxygen atoms in total. The lowest BCUT2D eigenvalue weighted by atomic mass is 10.1. The van der Waals surface area contributed by atoms with Crippen LogP contribution in [0.1, 0.15) is 36.5 Å². The zero-order valence-corrected chi connectivity index (χ0v) is 15.4. The Hall–Kier alpha value is -1.57. The summed E-state index contributed by atoms with van der Waals surface area (Å²) in [4.78, 5) is 27.1. The Morgan fingerprint density at radius 2 is 2.20 bits per heavy atom. The molecule has 0 aliphatic carbocycles. The molecule has 1 atom stereocenters. The van der Waals surface area contributed by atoms with Gasteiger partial charge in [0.15, 0.2) is 0 Å². The van der Waals surface area contributed by atoms with Crippen LogP contribution in [0.3, 0.4) is 0 Å². The highest BCUT2D eigenvalue weighted by Crippen LogP contribution is 2.34. The number of anilines is 1. The number of nitrogens with one attached hydrogen (secondary N) is 3. The summed E-state index contributed by atoms with van der Waals surface area (Å²) >= 11 is 1.61. The van der Waals surface area contributed by atoms with Gasteiger partial charge in [0.05, 0.1) is 18.8 Å². The summed E-state index contributed by atoms with van der Waals surface area (Å²) in [5.41, 5.74) is 1.31. The monoisotopic (exact) mass is 364 g/mol. The zero-order chi connectivity index (χ0) is 17.6. The van der Waals surface area contributed by atoms with Crippen molar-refractivity contribution in [2.45, 2.75) is 36.5 Å². The molecule has 0 saturated carbocycles. The summed E-state index contributed by atoms with van der Waals surface area (Å²) in [6, 6.07) is 5.54. The molecule has 0 aromatic heterocycles. The molecule has 1 saturated heterocycles. The first-order valence-corrected chi connectivity index (χ1v) is 9.89. The number of carbonyl (C=O) groups is 2. The Labute approximate surface area is 152 Å². The van der Waals surface area contributed by atoms with Crippen LogP contribution in [-0.2, 0) is 9.53 Å². The maximum absolute atomic E-state index is 12.4. The van der Waals surface area contributed by atoms with Crippen molar-refractivity contribution in [1.29, 1.82) is 0 Å². The van der Waals surface area contributed by atoms with Gasteiger partial charge in [-0.2, -0.15) is 0 Å². The summed E-state index contributed by atoms with van der Waals surface area (Å²) in [6.07, 6.45) is 3.17.